The highest BCUT2D eigenvalue weighted by Crippen LogP contribution is 2.34. The molecule has 23 heavy (non-hydrogen) atoms. The zero-order chi connectivity index (χ0) is 16.0. The Morgan fingerprint density at radius 2 is 1.91 bits per heavy atom. The SMILES string of the molecule is CNCCCC(=O)Nc1nnc(C(C)(C)c2ccccc2)s1.Cl. The minimum absolute atomic E-state index is 0. The second kappa shape index (κ2) is 8.96. The lowest BCUT2D eigenvalue weighted by atomic mass is 9.85. The number of benzene rings is 1. The van der Waals surface area contributed by atoms with Crippen molar-refractivity contribution < 1.29 is 4.79 Å². The van der Waals surface area contributed by atoms with E-state index < -0.39 is 0 Å². The number of anilines is 1. The lowest BCUT2D eigenvalue weighted by Crippen LogP contribution is -2.18. The molecule has 0 radical (unpaired) electrons. The number of nitrogens with zero attached hydrogens (tertiary/aromatic N) is 2. The topological polar surface area (TPSA) is 66.9 Å². The van der Waals surface area contributed by atoms with Crippen molar-refractivity contribution in [2.24, 2.45) is 0 Å². The van der Waals surface area contributed by atoms with Gasteiger partial charge >= 0.3 is 0 Å². The van der Waals surface area contributed by atoms with Gasteiger partial charge in [-0.1, -0.05) is 41.7 Å². The van der Waals surface area contributed by atoms with Crippen LogP contribution in [-0.2, 0) is 10.2 Å². The Morgan fingerprint density at radius 1 is 1.22 bits per heavy atom. The van der Waals surface area contributed by atoms with Crippen molar-refractivity contribution in [2.75, 3.05) is 18.9 Å². The molecular weight excluding hydrogens is 332 g/mol. The molecule has 0 fully saturated rings. The van der Waals surface area contributed by atoms with E-state index in [-0.39, 0.29) is 23.7 Å². The molecule has 0 aliphatic rings. The molecule has 0 atom stereocenters. The summed E-state index contributed by atoms with van der Waals surface area (Å²) < 4.78 is 0. The van der Waals surface area contributed by atoms with E-state index >= 15 is 0 Å². The van der Waals surface area contributed by atoms with E-state index in [2.05, 4.69) is 46.8 Å². The lowest BCUT2D eigenvalue weighted by molar-refractivity contribution is -0.116. The number of hydrogen-bond donors (Lipinski definition) is 2. The van der Waals surface area contributed by atoms with Crippen molar-refractivity contribution in [2.45, 2.75) is 32.1 Å². The van der Waals surface area contributed by atoms with Gasteiger partial charge in [-0.3, -0.25) is 4.79 Å². The molecule has 7 heteroatoms. The molecule has 1 amide bonds. The minimum atomic E-state index is -0.228. The first-order chi connectivity index (χ1) is 10.5. The largest absolute Gasteiger partial charge is 0.320 e. The van der Waals surface area contributed by atoms with Crippen LogP contribution in [0.25, 0.3) is 0 Å². The number of amides is 1. The Labute approximate surface area is 147 Å². The van der Waals surface area contributed by atoms with Gasteiger partial charge in [0.1, 0.15) is 5.01 Å². The van der Waals surface area contributed by atoms with Gasteiger partial charge in [-0.05, 0) is 39.4 Å². The van der Waals surface area contributed by atoms with E-state index in [0.717, 1.165) is 18.0 Å². The number of rotatable bonds is 7. The summed E-state index contributed by atoms with van der Waals surface area (Å²) in [7, 11) is 1.88. The molecule has 1 aromatic heterocycles. The third kappa shape index (κ3) is 5.27. The first-order valence-electron chi connectivity index (χ1n) is 7.38. The van der Waals surface area contributed by atoms with Crippen LogP contribution in [0.4, 0.5) is 5.13 Å². The van der Waals surface area contributed by atoms with Crippen molar-refractivity contribution >= 4 is 34.8 Å². The van der Waals surface area contributed by atoms with Crippen LogP contribution < -0.4 is 10.6 Å². The number of aromatic nitrogens is 2. The van der Waals surface area contributed by atoms with Crippen LogP contribution in [0.3, 0.4) is 0 Å². The highest BCUT2D eigenvalue weighted by Gasteiger charge is 2.27. The van der Waals surface area contributed by atoms with Gasteiger partial charge in [-0.2, -0.15) is 0 Å². The predicted octanol–water partition coefficient (Wildman–Crippen LogP) is 3.22. The average Bonchev–Trinajstić information content (AvgIpc) is 2.97. The molecule has 1 heterocycles. The number of nitrogens with one attached hydrogen (secondary N) is 2. The fourth-order valence-corrected chi connectivity index (χ4v) is 3.00. The molecule has 0 spiro atoms. The zero-order valence-electron chi connectivity index (χ0n) is 13.6. The first-order valence-corrected chi connectivity index (χ1v) is 8.19. The summed E-state index contributed by atoms with van der Waals surface area (Å²) in [5.41, 5.74) is 0.951. The molecule has 1 aromatic carbocycles. The summed E-state index contributed by atoms with van der Waals surface area (Å²) in [6, 6.07) is 10.2. The van der Waals surface area contributed by atoms with Gasteiger partial charge in [0.2, 0.25) is 11.0 Å². The van der Waals surface area contributed by atoms with E-state index in [0.29, 0.717) is 11.6 Å². The van der Waals surface area contributed by atoms with Gasteiger partial charge < -0.3 is 10.6 Å². The maximum Gasteiger partial charge on any atom is 0.226 e. The molecular formula is C16H23ClN4OS. The summed E-state index contributed by atoms with van der Waals surface area (Å²) in [4.78, 5) is 11.8. The third-order valence-electron chi connectivity index (χ3n) is 3.53. The van der Waals surface area contributed by atoms with Gasteiger partial charge in [0.25, 0.3) is 0 Å². The normalized spacial score (nSPS) is 10.9. The number of carbonyl (C=O) groups is 1. The van der Waals surface area contributed by atoms with Gasteiger partial charge in [-0.25, -0.2) is 0 Å². The van der Waals surface area contributed by atoms with Crippen molar-refractivity contribution in [1.82, 2.24) is 15.5 Å². The maximum atomic E-state index is 11.8. The Bertz CT molecular complexity index is 616. The molecule has 0 saturated heterocycles. The first kappa shape index (κ1) is 19.5. The molecule has 2 rings (SSSR count). The summed E-state index contributed by atoms with van der Waals surface area (Å²) in [5, 5.41) is 15.7. The van der Waals surface area contributed by atoms with E-state index in [4.69, 9.17) is 0 Å². The fourth-order valence-electron chi connectivity index (χ4n) is 2.11. The molecule has 126 valence electrons. The quantitative estimate of drug-likeness (QED) is 0.749. The highest BCUT2D eigenvalue weighted by molar-refractivity contribution is 7.15. The Kier molecular flexibility index (Phi) is 7.61. The van der Waals surface area contributed by atoms with Crippen LogP contribution in [0.5, 0.6) is 0 Å². The molecule has 2 N–H and O–H groups in total. The molecule has 2 aromatic rings. The number of carbonyl (C=O) groups excluding carboxylic acids is 1. The number of hydrogen-bond acceptors (Lipinski definition) is 5. The van der Waals surface area contributed by atoms with Crippen LogP contribution in [0.15, 0.2) is 30.3 Å². The summed E-state index contributed by atoms with van der Waals surface area (Å²) in [5.74, 6) is -0.0181. The van der Waals surface area contributed by atoms with Crippen molar-refractivity contribution in [1.29, 1.82) is 0 Å². The van der Waals surface area contributed by atoms with Crippen molar-refractivity contribution in [3.63, 3.8) is 0 Å². The summed E-state index contributed by atoms with van der Waals surface area (Å²) in [6.45, 7) is 5.05. The third-order valence-corrected chi connectivity index (χ3v) is 4.69. The van der Waals surface area contributed by atoms with Crippen LogP contribution in [-0.4, -0.2) is 29.7 Å². The van der Waals surface area contributed by atoms with Crippen LogP contribution >= 0.6 is 23.7 Å². The summed E-state index contributed by atoms with van der Waals surface area (Å²) in [6.07, 6.45) is 1.29. The van der Waals surface area contributed by atoms with E-state index in [1.54, 1.807) is 0 Å². The maximum absolute atomic E-state index is 11.8. The van der Waals surface area contributed by atoms with Crippen LogP contribution in [0.1, 0.15) is 37.3 Å². The molecule has 0 aliphatic carbocycles. The second-order valence-corrected chi connectivity index (χ2v) is 6.64. The zero-order valence-corrected chi connectivity index (χ0v) is 15.3. The van der Waals surface area contributed by atoms with Gasteiger partial charge in [0.15, 0.2) is 0 Å². The minimum Gasteiger partial charge on any atom is -0.320 e. The fraction of sp³-hybridized carbons (Fsp3) is 0.438. The smallest absolute Gasteiger partial charge is 0.226 e. The number of halogens is 1. The standard InChI is InChI=1S/C16H22N4OS.ClH/c1-16(2,12-8-5-4-6-9-12)14-19-20-15(22-14)18-13(21)10-7-11-17-3;/h4-6,8-9,17H,7,10-11H2,1-3H3,(H,18,20,21);1H. The predicted molar refractivity (Wildman–Crippen MR) is 97.5 cm³/mol. The van der Waals surface area contributed by atoms with E-state index in [1.807, 2.05) is 25.2 Å². The van der Waals surface area contributed by atoms with Crippen molar-refractivity contribution in [3.05, 3.63) is 40.9 Å². The summed E-state index contributed by atoms with van der Waals surface area (Å²) >= 11 is 1.43. The Hall–Kier alpha value is -1.50. The van der Waals surface area contributed by atoms with Gasteiger partial charge in [0.05, 0.1) is 0 Å². The molecule has 0 saturated carbocycles. The highest BCUT2D eigenvalue weighted by atomic mass is 35.5. The lowest BCUT2D eigenvalue weighted by Gasteiger charge is -2.21. The molecule has 0 aliphatic heterocycles. The average molecular weight is 355 g/mol. The Morgan fingerprint density at radius 3 is 2.57 bits per heavy atom. The van der Waals surface area contributed by atoms with Gasteiger partial charge in [-0.15, -0.1) is 22.6 Å². The van der Waals surface area contributed by atoms with Crippen LogP contribution in [0.2, 0.25) is 0 Å². The van der Waals surface area contributed by atoms with Gasteiger partial charge in [0, 0.05) is 11.8 Å². The van der Waals surface area contributed by atoms with E-state index in [9.17, 15) is 4.79 Å². The van der Waals surface area contributed by atoms with Crippen molar-refractivity contribution in [3.8, 4) is 0 Å². The molecule has 0 unspecified atom stereocenters. The molecule has 5 nitrogen and oxygen atoms in total. The van der Waals surface area contributed by atoms with Crippen LogP contribution in [0, 0.1) is 0 Å². The Balaban J connectivity index is 0.00000264. The van der Waals surface area contributed by atoms with E-state index in [1.165, 1.54) is 16.9 Å². The second-order valence-electron chi connectivity index (χ2n) is 5.66. The monoisotopic (exact) mass is 354 g/mol. The molecule has 0 bridgehead atoms.